The van der Waals surface area contributed by atoms with Crippen LogP contribution in [0.1, 0.15) is 28.8 Å². The molecule has 132 valence electrons. The maximum atomic E-state index is 12.8. The van der Waals surface area contributed by atoms with Crippen molar-refractivity contribution in [2.45, 2.75) is 19.0 Å². The molecule has 1 amide bonds. The highest BCUT2D eigenvalue weighted by Crippen LogP contribution is 2.35. The van der Waals surface area contributed by atoms with Crippen LogP contribution < -0.4 is 5.32 Å². The van der Waals surface area contributed by atoms with Gasteiger partial charge in [0.15, 0.2) is 0 Å². The Morgan fingerprint density at radius 1 is 1.16 bits per heavy atom. The highest BCUT2D eigenvalue weighted by atomic mass is 35.5. The van der Waals surface area contributed by atoms with Crippen LogP contribution in [0.4, 0.5) is 24.5 Å². The molecule has 1 aliphatic rings. The van der Waals surface area contributed by atoms with Crippen molar-refractivity contribution in [2.24, 2.45) is 0 Å². The maximum Gasteiger partial charge on any atom is 0.416 e. The minimum absolute atomic E-state index is 0.101. The summed E-state index contributed by atoms with van der Waals surface area (Å²) in [5.41, 5.74) is 0.0713. The van der Waals surface area contributed by atoms with E-state index in [0.29, 0.717) is 24.3 Å². The first kappa shape index (κ1) is 17.5. The molecule has 0 bridgehead atoms. The Balaban J connectivity index is 1.84. The number of hydrogen-bond donors (Lipinski definition) is 1. The van der Waals surface area contributed by atoms with Gasteiger partial charge in [-0.25, -0.2) is 0 Å². The van der Waals surface area contributed by atoms with Crippen molar-refractivity contribution in [3.05, 3.63) is 52.8 Å². The van der Waals surface area contributed by atoms with Crippen molar-refractivity contribution in [2.75, 3.05) is 18.4 Å². The molecule has 0 unspecified atom stereocenters. The predicted molar refractivity (Wildman–Crippen MR) is 89.1 cm³/mol. The second-order valence-electron chi connectivity index (χ2n) is 5.78. The van der Waals surface area contributed by atoms with Gasteiger partial charge >= 0.3 is 6.18 Å². The van der Waals surface area contributed by atoms with E-state index in [-0.39, 0.29) is 16.6 Å². The van der Waals surface area contributed by atoms with Gasteiger partial charge in [-0.3, -0.25) is 9.78 Å². The van der Waals surface area contributed by atoms with E-state index in [0.717, 1.165) is 25.0 Å². The Bertz CT molecular complexity index is 789. The van der Waals surface area contributed by atoms with Gasteiger partial charge in [-0.1, -0.05) is 11.6 Å². The highest BCUT2D eigenvalue weighted by molar-refractivity contribution is 6.33. The summed E-state index contributed by atoms with van der Waals surface area (Å²) in [6.45, 7) is 1.41. The Morgan fingerprint density at radius 2 is 1.88 bits per heavy atom. The van der Waals surface area contributed by atoms with Gasteiger partial charge in [-0.05, 0) is 37.1 Å². The van der Waals surface area contributed by atoms with Crippen LogP contribution in [0.3, 0.4) is 0 Å². The van der Waals surface area contributed by atoms with E-state index in [2.05, 4.69) is 10.3 Å². The van der Waals surface area contributed by atoms with Gasteiger partial charge in [-0.15, -0.1) is 0 Å². The van der Waals surface area contributed by atoms with Gasteiger partial charge in [0.1, 0.15) is 0 Å². The third-order valence-electron chi connectivity index (χ3n) is 3.95. The lowest BCUT2D eigenvalue weighted by molar-refractivity contribution is -0.137. The molecule has 1 saturated heterocycles. The molecule has 2 heterocycles. The number of nitrogens with zero attached hydrogens (tertiary/aromatic N) is 2. The average molecular weight is 370 g/mol. The van der Waals surface area contributed by atoms with E-state index < -0.39 is 11.7 Å². The van der Waals surface area contributed by atoms with Crippen molar-refractivity contribution in [3.8, 4) is 0 Å². The molecule has 3 rings (SSSR count). The molecule has 8 heteroatoms. The molecule has 1 aromatic carbocycles. The standard InChI is InChI=1S/C17H15ClF3N3O/c18-14-4-3-12(17(19,20)21)8-15(14)23-13-7-11(9-22-10-13)16(25)24-5-1-2-6-24/h3-4,7-10,23H,1-2,5-6H2. The van der Waals surface area contributed by atoms with Gasteiger partial charge in [-0.2, -0.15) is 13.2 Å². The van der Waals surface area contributed by atoms with Crippen molar-refractivity contribution >= 4 is 28.9 Å². The van der Waals surface area contributed by atoms with E-state index >= 15 is 0 Å². The van der Waals surface area contributed by atoms with Crippen LogP contribution >= 0.6 is 11.6 Å². The number of likely N-dealkylation sites (tertiary alicyclic amines) is 1. The van der Waals surface area contributed by atoms with Gasteiger partial charge < -0.3 is 10.2 Å². The third kappa shape index (κ3) is 4.04. The molecule has 0 saturated carbocycles. The quantitative estimate of drug-likeness (QED) is 0.850. The Hall–Kier alpha value is -2.28. The zero-order chi connectivity index (χ0) is 18.0. The van der Waals surface area contributed by atoms with Crippen LogP contribution in [-0.4, -0.2) is 28.9 Å². The van der Waals surface area contributed by atoms with Gasteiger partial charge in [0, 0.05) is 19.3 Å². The first-order valence-electron chi connectivity index (χ1n) is 7.73. The summed E-state index contributed by atoms with van der Waals surface area (Å²) in [7, 11) is 0. The number of halogens is 4. The van der Waals surface area contributed by atoms with Crippen LogP contribution in [0, 0.1) is 0 Å². The summed E-state index contributed by atoms with van der Waals surface area (Å²) in [4.78, 5) is 18.1. The smallest absolute Gasteiger partial charge is 0.353 e. The summed E-state index contributed by atoms with van der Waals surface area (Å²) in [5, 5.41) is 2.95. The molecule has 1 N–H and O–H groups in total. The van der Waals surface area contributed by atoms with Crippen molar-refractivity contribution in [3.63, 3.8) is 0 Å². The lowest BCUT2D eigenvalue weighted by Crippen LogP contribution is -2.27. The summed E-state index contributed by atoms with van der Waals surface area (Å²) in [5.74, 6) is -0.135. The zero-order valence-corrected chi connectivity index (χ0v) is 13.9. The molecule has 0 spiro atoms. The molecular weight excluding hydrogens is 355 g/mol. The summed E-state index contributed by atoms with van der Waals surface area (Å²) in [6.07, 6.45) is 0.345. The maximum absolute atomic E-state index is 12.8. The van der Waals surface area contributed by atoms with Crippen LogP contribution in [-0.2, 0) is 6.18 Å². The molecule has 25 heavy (non-hydrogen) atoms. The molecule has 0 radical (unpaired) electrons. The number of amides is 1. The van der Waals surface area contributed by atoms with E-state index in [1.807, 2.05) is 0 Å². The zero-order valence-electron chi connectivity index (χ0n) is 13.1. The van der Waals surface area contributed by atoms with Crippen molar-refractivity contribution < 1.29 is 18.0 Å². The van der Waals surface area contributed by atoms with Crippen LogP contribution in [0.2, 0.25) is 5.02 Å². The normalized spacial score (nSPS) is 14.6. The number of hydrogen-bond acceptors (Lipinski definition) is 3. The minimum atomic E-state index is -4.47. The molecular formula is C17H15ClF3N3O. The fourth-order valence-corrected chi connectivity index (χ4v) is 2.85. The van der Waals surface area contributed by atoms with Gasteiger partial charge in [0.05, 0.1) is 33.7 Å². The number of alkyl halides is 3. The lowest BCUT2D eigenvalue weighted by Gasteiger charge is -2.16. The van der Waals surface area contributed by atoms with Crippen LogP contribution in [0.15, 0.2) is 36.7 Å². The fourth-order valence-electron chi connectivity index (χ4n) is 2.68. The van der Waals surface area contributed by atoms with E-state index in [4.69, 9.17) is 11.6 Å². The predicted octanol–water partition coefficient (Wildman–Crippen LogP) is 4.73. The van der Waals surface area contributed by atoms with E-state index in [1.54, 1.807) is 11.0 Å². The van der Waals surface area contributed by atoms with Crippen LogP contribution in [0.25, 0.3) is 0 Å². The minimum Gasteiger partial charge on any atom is -0.353 e. The molecule has 0 aliphatic carbocycles. The lowest BCUT2D eigenvalue weighted by atomic mass is 10.2. The number of carbonyl (C=O) groups is 1. The molecule has 2 aromatic rings. The number of pyridine rings is 1. The second kappa shape index (κ2) is 6.92. The molecule has 0 atom stereocenters. The summed E-state index contributed by atoms with van der Waals surface area (Å²) in [6, 6.07) is 4.58. The first-order chi connectivity index (χ1) is 11.8. The Kier molecular flexibility index (Phi) is 4.85. The average Bonchev–Trinajstić information content (AvgIpc) is 3.10. The Morgan fingerprint density at radius 3 is 2.56 bits per heavy atom. The van der Waals surface area contributed by atoms with Gasteiger partial charge in [0.25, 0.3) is 5.91 Å². The Labute approximate surface area is 147 Å². The number of benzene rings is 1. The van der Waals surface area contributed by atoms with Gasteiger partial charge in [0.2, 0.25) is 0 Å². The van der Waals surface area contributed by atoms with E-state index in [9.17, 15) is 18.0 Å². The van der Waals surface area contributed by atoms with Crippen molar-refractivity contribution in [1.82, 2.24) is 9.88 Å². The number of carbonyl (C=O) groups excluding carboxylic acids is 1. The highest BCUT2D eigenvalue weighted by Gasteiger charge is 2.31. The van der Waals surface area contributed by atoms with E-state index in [1.165, 1.54) is 18.5 Å². The topological polar surface area (TPSA) is 45.2 Å². The third-order valence-corrected chi connectivity index (χ3v) is 4.28. The molecule has 1 aromatic heterocycles. The number of rotatable bonds is 3. The molecule has 4 nitrogen and oxygen atoms in total. The van der Waals surface area contributed by atoms with Crippen LogP contribution in [0.5, 0.6) is 0 Å². The number of anilines is 2. The number of aromatic nitrogens is 1. The SMILES string of the molecule is O=C(c1cncc(Nc2cc(C(F)(F)F)ccc2Cl)c1)N1CCCC1. The first-order valence-corrected chi connectivity index (χ1v) is 8.10. The summed E-state index contributed by atoms with van der Waals surface area (Å²) < 4.78 is 38.5. The van der Waals surface area contributed by atoms with Crippen molar-refractivity contribution in [1.29, 1.82) is 0 Å². The summed E-state index contributed by atoms with van der Waals surface area (Å²) >= 11 is 5.98. The molecule has 1 fully saturated rings. The largest absolute Gasteiger partial charge is 0.416 e. The monoisotopic (exact) mass is 369 g/mol. The fraction of sp³-hybridized carbons (Fsp3) is 0.294. The molecule has 1 aliphatic heterocycles. The number of nitrogens with one attached hydrogen (secondary N) is 1. The second-order valence-corrected chi connectivity index (χ2v) is 6.19.